The first-order valence-electron chi connectivity index (χ1n) is 8.00. The first-order valence-corrected chi connectivity index (χ1v) is 8.76. The van der Waals surface area contributed by atoms with Gasteiger partial charge in [-0.2, -0.15) is 0 Å². The zero-order valence-electron chi connectivity index (χ0n) is 14.3. The van der Waals surface area contributed by atoms with Gasteiger partial charge in [-0.25, -0.2) is 0 Å². The van der Waals surface area contributed by atoms with Gasteiger partial charge in [0.1, 0.15) is 5.75 Å². The molecule has 0 fully saturated rings. The molecule has 0 heterocycles. The summed E-state index contributed by atoms with van der Waals surface area (Å²) in [5.41, 5.74) is 1.24. The number of likely N-dealkylation sites (N-methyl/N-ethyl adjacent to an activating group) is 1. The van der Waals surface area contributed by atoms with Crippen LogP contribution in [-0.2, 0) is 11.2 Å². The van der Waals surface area contributed by atoms with Crippen molar-refractivity contribution in [1.82, 2.24) is 10.2 Å². The molecule has 134 valence electrons. The number of hydrogen-bond acceptors (Lipinski definition) is 3. The van der Waals surface area contributed by atoms with Crippen molar-refractivity contribution >= 4 is 29.1 Å². The number of carbonyl (C=O) groups is 1. The van der Waals surface area contributed by atoms with E-state index in [1.54, 1.807) is 18.2 Å². The van der Waals surface area contributed by atoms with Crippen LogP contribution in [0.1, 0.15) is 5.56 Å². The molecule has 0 saturated carbocycles. The van der Waals surface area contributed by atoms with E-state index in [9.17, 15) is 4.79 Å². The highest BCUT2D eigenvalue weighted by atomic mass is 35.5. The molecule has 1 atom stereocenters. The van der Waals surface area contributed by atoms with E-state index in [1.165, 1.54) is 5.56 Å². The quantitative estimate of drug-likeness (QED) is 0.759. The summed E-state index contributed by atoms with van der Waals surface area (Å²) in [7, 11) is 4.01. The van der Waals surface area contributed by atoms with E-state index < -0.39 is 0 Å². The molecule has 0 spiro atoms. The molecule has 0 aliphatic carbocycles. The minimum atomic E-state index is -0.189. The van der Waals surface area contributed by atoms with Crippen molar-refractivity contribution in [1.29, 1.82) is 0 Å². The fourth-order valence-corrected chi connectivity index (χ4v) is 2.80. The van der Waals surface area contributed by atoms with Crippen molar-refractivity contribution < 1.29 is 9.53 Å². The maximum atomic E-state index is 12.1. The second-order valence-electron chi connectivity index (χ2n) is 5.97. The normalized spacial score (nSPS) is 12.0. The number of nitrogens with one attached hydrogen (secondary N) is 1. The van der Waals surface area contributed by atoms with Gasteiger partial charge in [0.05, 0.1) is 5.02 Å². The number of carbonyl (C=O) groups excluding carboxylic acids is 1. The van der Waals surface area contributed by atoms with Crippen molar-refractivity contribution in [2.75, 3.05) is 27.2 Å². The van der Waals surface area contributed by atoms with Crippen molar-refractivity contribution in [2.45, 2.75) is 12.5 Å². The third-order valence-corrected chi connectivity index (χ3v) is 4.36. The van der Waals surface area contributed by atoms with E-state index in [2.05, 4.69) is 22.3 Å². The Balaban J connectivity index is 1.82. The summed E-state index contributed by atoms with van der Waals surface area (Å²) in [4.78, 5) is 14.2. The molecule has 0 unspecified atom stereocenters. The lowest BCUT2D eigenvalue weighted by Gasteiger charge is -2.24. The Morgan fingerprint density at radius 2 is 1.88 bits per heavy atom. The van der Waals surface area contributed by atoms with Gasteiger partial charge >= 0.3 is 0 Å². The number of amides is 1. The van der Waals surface area contributed by atoms with Crippen LogP contribution in [0.4, 0.5) is 0 Å². The standard InChI is InChI=1S/C19H22Cl2N2O2/c1-23(2)16(10-14-6-4-3-5-7-14)12-22-19(24)13-25-18-9-8-15(20)11-17(18)21/h3-9,11,16H,10,12-13H2,1-2H3,(H,22,24)/t16-/m0/s1. The molecule has 1 N–H and O–H groups in total. The zero-order valence-corrected chi connectivity index (χ0v) is 15.8. The largest absolute Gasteiger partial charge is 0.482 e. The predicted molar refractivity (Wildman–Crippen MR) is 103 cm³/mol. The van der Waals surface area contributed by atoms with E-state index >= 15 is 0 Å². The van der Waals surface area contributed by atoms with E-state index in [0.29, 0.717) is 22.3 Å². The molecule has 25 heavy (non-hydrogen) atoms. The summed E-state index contributed by atoms with van der Waals surface area (Å²) in [5, 5.41) is 3.82. The van der Waals surface area contributed by atoms with Crippen LogP contribution in [0.25, 0.3) is 0 Å². The highest BCUT2D eigenvalue weighted by molar-refractivity contribution is 6.35. The summed E-state index contributed by atoms with van der Waals surface area (Å²) in [5.74, 6) is 0.251. The molecule has 2 aromatic rings. The predicted octanol–water partition coefficient (Wildman–Crippen LogP) is 3.66. The maximum Gasteiger partial charge on any atom is 0.257 e. The molecule has 0 bridgehead atoms. The van der Waals surface area contributed by atoms with Gasteiger partial charge in [-0.15, -0.1) is 0 Å². The topological polar surface area (TPSA) is 41.6 Å². The molecule has 0 radical (unpaired) electrons. The van der Waals surface area contributed by atoms with Crippen molar-refractivity contribution in [3.63, 3.8) is 0 Å². The minimum absolute atomic E-state index is 0.0904. The van der Waals surface area contributed by atoms with Gasteiger partial charge in [0.25, 0.3) is 5.91 Å². The van der Waals surface area contributed by atoms with Crippen LogP contribution < -0.4 is 10.1 Å². The van der Waals surface area contributed by atoms with Crippen molar-refractivity contribution in [3.05, 3.63) is 64.1 Å². The third-order valence-electron chi connectivity index (χ3n) is 3.83. The van der Waals surface area contributed by atoms with Crippen LogP contribution in [0.15, 0.2) is 48.5 Å². The smallest absolute Gasteiger partial charge is 0.257 e. The van der Waals surface area contributed by atoms with Gasteiger partial charge in [-0.1, -0.05) is 53.5 Å². The van der Waals surface area contributed by atoms with Gasteiger partial charge < -0.3 is 15.0 Å². The van der Waals surface area contributed by atoms with Crippen LogP contribution in [-0.4, -0.2) is 44.1 Å². The van der Waals surface area contributed by atoms with Gasteiger partial charge in [0.2, 0.25) is 0 Å². The van der Waals surface area contributed by atoms with Crippen LogP contribution in [0, 0.1) is 0 Å². The maximum absolute atomic E-state index is 12.1. The second kappa shape index (κ2) is 9.66. The Bertz CT molecular complexity index is 693. The number of ether oxygens (including phenoxy) is 1. The zero-order chi connectivity index (χ0) is 18.2. The Hall–Kier alpha value is -1.75. The summed E-state index contributed by atoms with van der Waals surface area (Å²) < 4.78 is 5.45. The molecule has 0 aromatic heterocycles. The number of halogens is 2. The Labute approximate surface area is 158 Å². The molecular formula is C19H22Cl2N2O2. The minimum Gasteiger partial charge on any atom is -0.482 e. The molecule has 0 aliphatic heterocycles. The summed E-state index contributed by atoms with van der Waals surface area (Å²) in [6.45, 7) is 0.450. The summed E-state index contributed by atoms with van der Waals surface area (Å²) >= 11 is 11.9. The van der Waals surface area contributed by atoms with Crippen LogP contribution in [0.5, 0.6) is 5.75 Å². The third kappa shape index (κ3) is 6.58. The number of hydrogen-bond donors (Lipinski definition) is 1. The molecule has 2 rings (SSSR count). The SMILES string of the molecule is CN(C)[C@H](CNC(=O)COc1ccc(Cl)cc1Cl)Cc1ccccc1. The van der Waals surface area contributed by atoms with E-state index in [4.69, 9.17) is 27.9 Å². The molecule has 2 aromatic carbocycles. The number of benzene rings is 2. The summed E-state index contributed by atoms with van der Waals surface area (Å²) in [6, 6.07) is 15.3. The van der Waals surface area contributed by atoms with Crippen LogP contribution in [0.2, 0.25) is 10.0 Å². The first kappa shape index (κ1) is 19.6. The van der Waals surface area contributed by atoms with E-state index in [-0.39, 0.29) is 18.6 Å². The Kier molecular flexibility index (Phi) is 7.56. The Morgan fingerprint density at radius 3 is 2.52 bits per heavy atom. The second-order valence-corrected chi connectivity index (χ2v) is 6.82. The summed E-state index contributed by atoms with van der Waals surface area (Å²) in [6.07, 6.45) is 0.859. The van der Waals surface area contributed by atoms with Gasteiger partial charge in [-0.05, 0) is 44.3 Å². The molecule has 0 saturated heterocycles. The van der Waals surface area contributed by atoms with E-state index in [0.717, 1.165) is 6.42 Å². The highest BCUT2D eigenvalue weighted by Crippen LogP contribution is 2.27. The fourth-order valence-electron chi connectivity index (χ4n) is 2.34. The molecule has 4 nitrogen and oxygen atoms in total. The monoisotopic (exact) mass is 380 g/mol. The van der Waals surface area contributed by atoms with Crippen LogP contribution >= 0.6 is 23.2 Å². The Morgan fingerprint density at radius 1 is 1.16 bits per heavy atom. The molecule has 0 aliphatic rings. The van der Waals surface area contributed by atoms with Gasteiger partial charge in [0.15, 0.2) is 6.61 Å². The molecule has 6 heteroatoms. The molecule has 1 amide bonds. The fraction of sp³-hybridized carbons (Fsp3) is 0.316. The average Bonchev–Trinajstić information content (AvgIpc) is 2.58. The lowest BCUT2D eigenvalue weighted by molar-refractivity contribution is -0.123. The van der Waals surface area contributed by atoms with Gasteiger partial charge in [-0.3, -0.25) is 4.79 Å². The number of rotatable bonds is 8. The van der Waals surface area contributed by atoms with Crippen molar-refractivity contribution in [2.24, 2.45) is 0 Å². The highest BCUT2D eigenvalue weighted by Gasteiger charge is 2.14. The lowest BCUT2D eigenvalue weighted by Crippen LogP contribution is -2.42. The van der Waals surface area contributed by atoms with Crippen LogP contribution in [0.3, 0.4) is 0 Å². The van der Waals surface area contributed by atoms with Gasteiger partial charge in [0, 0.05) is 17.6 Å². The van der Waals surface area contributed by atoms with Crippen molar-refractivity contribution in [3.8, 4) is 5.75 Å². The first-order chi connectivity index (χ1) is 12.0. The average molecular weight is 381 g/mol. The molecular weight excluding hydrogens is 359 g/mol. The lowest BCUT2D eigenvalue weighted by atomic mass is 10.1. The van der Waals surface area contributed by atoms with E-state index in [1.807, 2.05) is 32.3 Å². The number of nitrogens with zero attached hydrogens (tertiary/aromatic N) is 1.